The van der Waals surface area contributed by atoms with E-state index in [9.17, 15) is 4.79 Å². The summed E-state index contributed by atoms with van der Waals surface area (Å²) in [6, 6.07) is 0. The minimum atomic E-state index is 0.353. The molecule has 0 saturated heterocycles. The highest BCUT2D eigenvalue weighted by Gasteiger charge is 2.33. The van der Waals surface area contributed by atoms with Gasteiger partial charge in [-0.2, -0.15) is 0 Å². The molecule has 0 N–H and O–H groups in total. The molecule has 2 rings (SSSR count). The van der Waals surface area contributed by atoms with Gasteiger partial charge in [0.1, 0.15) is 0 Å². The van der Waals surface area contributed by atoms with Crippen molar-refractivity contribution in [3.05, 3.63) is 11.6 Å². The van der Waals surface area contributed by atoms with Gasteiger partial charge in [-0.25, -0.2) is 0 Å². The second-order valence-electron chi connectivity index (χ2n) is 6.72. The third kappa shape index (κ3) is 3.24. The Morgan fingerprint density at radius 3 is 2.67 bits per heavy atom. The van der Waals surface area contributed by atoms with E-state index in [-0.39, 0.29) is 0 Å². The van der Waals surface area contributed by atoms with E-state index in [1.54, 1.807) is 0 Å². The van der Waals surface area contributed by atoms with Gasteiger partial charge in [0.2, 0.25) is 0 Å². The van der Waals surface area contributed by atoms with Crippen molar-refractivity contribution >= 4 is 5.78 Å². The SMILES string of the molecule is CC(CCC1=CC(=O)CCC1)C1CCC(C)[C@@H]1C. The number of rotatable bonds is 4. The summed E-state index contributed by atoms with van der Waals surface area (Å²) in [4.78, 5) is 11.4. The molecule has 0 amide bonds. The Balaban J connectivity index is 1.81. The maximum atomic E-state index is 11.4. The Hall–Kier alpha value is -0.590. The quantitative estimate of drug-likeness (QED) is 0.700. The van der Waals surface area contributed by atoms with Crippen LogP contribution < -0.4 is 0 Å². The first-order chi connectivity index (χ1) is 8.58. The molecule has 1 heteroatoms. The first kappa shape index (κ1) is 13.8. The standard InChI is InChI=1S/C17H28O/c1-12-8-10-17(14(12)3)13(2)7-9-15-5-4-6-16(18)11-15/h11-14,17H,4-10H2,1-3H3/t12?,13?,14-,17?/m0/s1. The molecule has 4 atom stereocenters. The van der Waals surface area contributed by atoms with E-state index >= 15 is 0 Å². The zero-order valence-electron chi connectivity index (χ0n) is 12.2. The number of allylic oxidation sites excluding steroid dienone is 2. The van der Waals surface area contributed by atoms with Crippen molar-refractivity contribution in [2.75, 3.05) is 0 Å². The summed E-state index contributed by atoms with van der Waals surface area (Å²) in [6.07, 6.45) is 10.2. The Bertz CT molecular complexity index is 329. The van der Waals surface area contributed by atoms with Crippen LogP contribution in [0.2, 0.25) is 0 Å². The van der Waals surface area contributed by atoms with Gasteiger partial charge in [0.15, 0.2) is 5.78 Å². The third-order valence-corrected chi connectivity index (χ3v) is 5.47. The van der Waals surface area contributed by atoms with E-state index in [0.717, 1.165) is 49.4 Å². The highest BCUT2D eigenvalue weighted by molar-refractivity contribution is 5.91. The summed E-state index contributed by atoms with van der Waals surface area (Å²) in [6.45, 7) is 7.26. The van der Waals surface area contributed by atoms with Crippen LogP contribution in [0.3, 0.4) is 0 Å². The van der Waals surface area contributed by atoms with E-state index in [1.165, 1.54) is 24.8 Å². The van der Waals surface area contributed by atoms with Gasteiger partial charge in [0.25, 0.3) is 0 Å². The molecule has 1 saturated carbocycles. The first-order valence-electron chi connectivity index (χ1n) is 7.80. The minimum Gasteiger partial charge on any atom is -0.295 e. The van der Waals surface area contributed by atoms with Crippen LogP contribution in [-0.4, -0.2) is 5.78 Å². The average Bonchev–Trinajstić information content (AvgIpc) is 2.67. The summed E-state index contributed by atoms with van der Waals surface area (Å²) in [7, 11) is 0. The fraction of sp³-hybridized carbons (Fsp3) is 0.824. The van der Waals surface area contributed by atoms with Crippen molar-refractivity contribution in [2.45, 2.75) is 65.7 Å². The van der Waals surface area contributed by atoms with Gasteiger partial charge in [-0.05, 0) is 61.9 Å². The lowest BCUT2D eigenvalue weighted by molar-refractivity contribution is -0.115. The summed E-state index contributed by atoms with van der Waals surface area (Å²) in [5.74, 6) is 3.89. The molecule has 0 aromatic carbocycles. The summed E-state index contributed by atoms with van der Waals surface area (Å²) >= 11 is 0. The number of hydrogen-bond donors (Lipinski definition) is 0. The van der Waals surface area contributed by atoms with Gasteiger partial charge < -0.3 is 0 Å². The van der Waals surface area contributed by atoms with Crippen LogP contribution in [0.4, 0.5) is 0 Å². The Labute approximate surface area is 112 Å². The van der Waals surface area contributed by atoms with Crippen LogP contribution in [0.5, 0.6) is 0 Å². The van der Waals surface area contributed by atoms with Gasteiger partial charge in [0, 0.05) is 6.42 Å². The molecule has 1 fully saturated rings. The molecule has 2 aliphatic carbocycles. The van der Waals surface area contributed by atoms with E-state index in [2.05, 4.69) is 20.8 Å². The molecule has 1 nitrogen and oxygen atoms in total. The number of carbonyl (C=O) groups excluding carboxylic acids is 1. The van der Waals surface area contributed by atoms with Gasteiger partial charge in [0.05, 0.1) is 0 Å². The summed E-state index contributed by atoms with van der Waals surface area (Å²) in [5.41, 5.74) is 1.41. The van der Waals surface area contributed by atoms with Crippen molar-refractivity contribution in [3.8, 4) is 0 Å². The lowest BCUT2D eigenvalue weighted by Gasteiger charge is -2.25. The number of hydrogen-bond acceptors (Lipinski definition) is 1. The van der Waals surface area contributed by atoms with E-state index in [1.807, 2.05) is 6.08 Å². The predicted octanol–water partition coefficient (Wildman–Crippen LogP) is 4.76. The maximum Gasteiger partial charge on any atom is 0.155 e. The fourth-order valence-electron chi connectivity index (χ4n) is 3.89. The molecule has 3 unspecified atom stereocenters. The maximum absolute atomic E-state index is 11.4. The normalized spacial score (nSPS) is 34.5. The van der Waals surface area contributed by atoms with Crippen LogP contribution >= 0.6 is 0 Å². The van der Waals surface area contributed by atoms with Crippen LogP contribution in [0.15, 0.2) is 11.6 Å². The molecule has 0 bridgehead atoms. The molecule has 0 spiro atoms. The molecule has 2 aliphatic rings. The highest BCUT2D eigenvalue weighted by Crippen LogP contribution is 2.42. The topological polar surface area (TPSA) is 17.1 Å². The molecular weight excluding hydrogens is 220 g/mol. The van der Waals surface area contributed by atoms with Crippen LogP contribution in [0.25, 0.3) is 0 Å². The molecule has 0 heterocycles. The second kappa shape index (κ2) is 6.04. The van der Waals surface area contributed by atoms with E-state index in [0.29, 0.717) is 5.78 Å². The predicted molar refractivity (Wildman–Crippen MR) is 76.4 cm³/mol. The zero-order valence-corrected chi connectivity index (χ0v) is 12.2. The van der Waals surface area contributed by atoms with Gasteiger partial charge in [-0.1, -0.05) is 32.8 Å². The van der Waals surface area contributed by atoms with Crippen molar-refractivity contribution < 1.29 is 4.79 Å². The molecule has 0 aromatic heterocycles. The monoisotopic (exact) mass is 248 g/mol. The van der Waals surface area contributed by atoms with Gasteiger partial charge in [-0.15, -0.1) is 0 Å². The van der Waals surface area contributed by atoms with E-state index < -0.39 is 0 Å². The minimum absolute atomic E-state index is 0.353. The number of carbonyl (C=O) groups is 1. The Kier molecular flexibility index (Phi) is 4.64. The van der Waals surface area contributed by atoms with Crippen LogP contribution in [-0.2, 0) is 4.79 Å². The third-order valence-electron chi connectivity index (χ3n) is 5.47. The molecule has 0 aromatic rings. The van der Waals surface area contributed by atoms with Gasteiger partial charge >= 0.3 is 0 Å². The van der Waals surface area contributed by atoms with Crippen LogP contribution in [0.1, 0.15) is 65.7 Å². The zero-order chi connectivity index (χ0) is 13.1. The van der Waals surface area contributed by atoms with Crippen molar-refractivity contribution in [3.63, 3.8) is 0 Å². The number of ketones is 1. The van der Waals surface area contributed by atoms with Crippen molar-refractivity contribution in [1.82, 2.24) is 0 Å². The van der Waals surface area contributed by atoms with Crippen molar-refractivity contribution in [2.24, 2.45) is 23.7 Å². The summed E-state index contributed by atoms with van der Waals surface area (Å²) < 4.78 is 0. The van der Waals surface area contributed by atoms with Crippen molar-refractivity contribution in [1.29, 1.82) is 0 Å². The Morgan fingerprint density at radius 1 is 1.28 bits per heavy atom. The smallest absolute Gasteiger partial charge is 0.155 e. The summed E-state index contributed by atoms with van der Waals surface area (Å²) in [5, 5.41) is 0. The van der Waals surface area contributed by atoms with Crippen LogP contribution in [0, 0.1) is 23.7 Å². The average molecular weight is 248 g/mol. The highest BCUT2D eigenvalue weighted by atomic mass is 16.1. The first-order valence-corrected chi connectivity index (χ1v) is 7.80. The molecule has 18 heavy (non-hydrogen) atoms. The molecule has 102 valence electrons. The molecule has 0 radical (unpaired) electrons. The molecule has 0 aliphatic heterocycles. The molecular formula is C17H28O. The fourth-order valence-corrected chi connectivity index (χ4v) is 3.89. The Morgan fingerprint density at radius 2 is 2.06 bits per heavy atom. The lowest BCUT2D eigenvalue weighted by Crippen LogP contribution is -2.17. The lowest BCUT2D eigenvalue weighted by atomic mass is 9.80. The second-order valence-corrected chi connectivity index (χ2v) is 6.72. The largest absolute Gasteiger partial charge is 0.295 e. The van der Waals surface area contributed by atoms with Gasteiger partial charge in [-0.3, -0.25) is 4.79 Å². The van der Waals surface area contributed by atoms with E-state index in [4.69, 9.17) is 0 Å².